The minimum atomic E-state index is -0.514. The van der Waals surface area contributed by atoms with Gasteiger partial charge in [-0.05, 0) is 72.8 Å². The first-order chi connectivity index (χ1) is 33.7. The van der Waals surface area contributed by atoms with E-state index in [9.17, 15) is 0 Å². The maximum absolute atomic E-state index is 6.63. The van der Waals surface area contributed by atoms with E-state index in [4.69, 9.17) is 43.9 Å². The highest BCUT2D eigenvalue weighted by atomic mass is 16.5. The Kier molecular flexibility index (Phi) is 9.23. The van der Waals surface area contributed by atoms with Crippen molar-refractivity contribution in [2.45, 2.75) is 0 Å². The summed E-state index contributed by atoms with van der Waals surface area (Å²) in [5.74, 6) is 6.57. The molecule has 1 atom stereocenters. The van der Waals surface area contributed by atoms with Crippen LogP contribution in [0, 0.1) is 5.92 Å². The highest BCUT2D eigenvalue weighted by molar-refractivity contribution is 6.04. The van der Waals surface area contributed by atoms with Gasteiger partial charge in [0.1, 0.15) is 91.3 Å². The van der Waals surface area contributed by atoms with Gasteiger partial charge in [-0.15, -0.1) is 0 Å². The Balaban J connectivity index is 1.13. The van der Waals surface area contributed by atoms with E-state index in [0.29, 0.717) is 96.6 Å². The number of rotatable bonds is 8. The van der Waals surface area contributed by atoms with Gasteiger partial charge in [0.2, 0.25) is 0 Å². The van der Waals surface area contributed by atoms with Gasteiger partial charge in [0.05, 0.1) is 16.2 Å². The lowest BCUT2D eigenvalue weighted by Gasteiger charge is -2.20. The normalized spacial score (nSPS) is 15.4. The molecule has 3 N–H and O–H groups in total. The predicted octanol–water partition coefficient (Wildman–Crippen LogP) is 11.4. The van der Waals surface area contributed by atoms with Crippen LogP contribution in [0.5, 0.6) is 40.2 Å². The van der Waals surface area contributed by atoms with Gasteiger partial charge in [-0.1, -0.05) is 121 Å². The standard InChI is InChI=1S/C56H36N8O4/c1-5-17-33(18-6-1)65-41-29-13-25-37-45(41)53-57-49(37)62-54-47-39(27-15-31-43(47)67-35-21-9-3-10-22-35)51(59-54)64-56-48-40(28-16-32-44(48)68-36-23-11-4-12-24-36)52(60-56)63-55-46-38(50(58-55)61-53)26-14-30-42(46)66-34-19-7-2-8-20-34/h1-32,45,60H,(H,59,62,64)(H,57,58,61,63). The molecule has 68 heavy (non-hydrogen) atoms. The maximum atomic E-state index is 6.63. The molecule has 12 heteroatoms. The third-order valence-corrected chi connectivity index (χ3v) is 11.9. The van der Waals surface area contributed by atoms with Crippen LogP contribution < -0.4 is 40.9 Å². The first-order valence-corrected chi connectivity index (χ1v) is 22.1. The second-order valence-corrected chi connectivity index (χ2v) is 16.2. The first kappa shape index (κ1) is 38.9. The van der Waals surface area contributed by atoms with Gasteiger partial charge < -0.3 is 33.9 Å². The number of para-hydroxylation sites is 4. The molecule has 3 aromatic heterocycles. The first-order valence-electron chi connectivity index (χ1n) is 22.1. The number of hydrogen-bond donors (Lipinski definition) is 3. The maximum Gasteiger partial charge on any atom is 0.160 e. The van der Waals surface area contributed by atoms with Crippen LogP contribution in [0.15, 0.2) is 236 Å². The number of fused-ring (bicyclic) bond motifs is 18. The van der Waals surface area contributed by atoms with Crippen molar-refractivity contribution in [3.63, 3.8) is 0 Å². The Labute approximate surface area is 386 Å². The molecule has 13 rings (SSSR count). The number of H-pyrrole nitrogens is 3. The molecule has 0 fully saturated rings. The van der Waals surface area contributed by atoms with E-state index in [1.165, 1.54) is 0 Å². The number of aliphatic imine (C=N–C) groups is 1. The average molecular weight is 885 g/mol. The summed E-state index contributed by atoms with van der Waals surface area (Å²) in [7, 11) is 0. The second-order valence-electron chi connectivity index (χ2n) is 16.2. The number of nitrogens with zero attached hydrogens (tertiary/aromatic N) is 5. The van der Waals surface area contributed by atoms with Gasteiger partial charge in [0.25, 0.3) is 0 Å². The Morgan fingerprint density at radius 3 is 1.40 bits per heavy atom. The smallest absolute Gasteiger partial charge is 0.160 e. The fraction of sp³-hybridized carbons (Fsp3) is 0.0179. The van der Waals surface area contributed by atoms with Crippen LogP contribution in [0.25, 0.3) is 32.3 Å². The lowest BCUT2D eigenvalue weighted by atomic mass is 9.93. The highest BCUT2D eigenvalue weighted by Gasteiger charge is 2.35. The number of hydrogen-bond acceptors (Lipinski definition) is 9. The molecule has 0 amide bonds. The summed E-state index contributed by atoms with van der Waals surface area (Å²) >= 11 is 0. The second kappa shape index (κ2) is 16.2. The van der Waals surface area contributed by atoms with Crippen molar-refractivity contribution in [3.05, 3.63) is 233 Å². The van der Waals surface area contributed by atoms with E-state index < -0.39 is 5.92 Å². The fourth-order valence-electron chi connectivity index (χ4n) is 8.90. The topological polar surface area (TPSA) is 146 Å². The number of amidine groups is 1. The molecule has 12 nitrogen and oxygen atoms in total. The molecular weight excluding hydrogens is 849 g/mol. The third-order valence-electron chi connectivity index (χ3n) is 11.9. The number of nitrogens with one attached hydrogen (secondary N) is 3. The van der Waals surface area contributed by atoms with Gasteiger partial charge >= 0.3 is 0 Å². The minimum Gasteiger partial charge on any atom is -0.461 e. The number of aromatic nitrogens is 3. The molecule has 0 saturated carbocycles. The molecular formula is C56H36N8O4. The van der Waals surface area contributed by atoms with Crippen molar-refractivity contribution in [1.82, 2.24) is 15.0 Å². The van der Waals surface area contributed by atoms with Crippen LogP contribution in [-0.4, -0.2) is 20.8 Å². The lowest BCUT2D eigenvalue weighted by molar-refractivity contribution is 0.394. The molecule has 324 valence electrons. The lowest BCUT2D eigenvalue weighted by Crippen LogP contribution is -2.22. The molecule has 0 radical (unpaired) electrons. The molecule has 10 aromatic rings. The van der Waals surface area contributed by atoms with Crippen LogP contribution in [-0.2, 0) is 0 Å². The summed E-state index contributed by atoms with van der Waals surface area (Å²) in [6.07, 6.45) is 5.92. The zero-order valence-corrected chi connectivity index (χ0v) is 35.9. The molecule has 0 spiro atoms. The van der Waals surface area contributed by atoms with Crippen LogP contribution in [0.2, 0.25) is 0 Å². The number of benzene rings is 7. The Hall–Kier alpha value is -9.55. The van der Waals surface area contributed by atoms with Crippen molar-refractivity contribution < 1.29 is 18.9 Å². The van der Waals surface area contributed by atoms with Gasteiger partial charge in [-0.25, -0.2) is 25.0 Å². The van der Waals surface area contributed by atoms with Crippen LogP contribution >= 0.6 is 0 Å². The number of aromatic amines is 3. The van der Waals surface area contributed by atoms with Crippen molar-refractivity contribution in [1.29, 1.82) is 0 Å². The summed E-state index contributed by atoms with van der Waals surface area (Å²) in [5.41, 5.74) is 2.86. The van der Waals surface area contributed by atoms with E-state index in [2.05, 4.69) is 15.0 Å². The summed E-state index contributed by atoms with van der Waals surface area (Å²) in [5, 5.41) is 4.48. The van der Waals surface area contributed by atoms with Crippen molar-refractivity contribution >= 4 is 49.8 Å². The zero-order chi connectivity index (χ0) is 45.0. The summed E-state index contributed by atoms with van der Waals surface area (Å²) in [6.45, 7) is 0. The molecule has 7 aromatic carbocycles. The average Bonchev–Trinajstić information content (AvgIpc) is 4.12. The van der Waals surface area contributed by atoms with E-state index in [0.717, 1.165) is 32.5 Å². The Bertz CT molecular complexity index is 4020. The molecule has 8 bridgehead atoms. The third kappa shape index (κ3) is 6.91. The SMILES string of the molecule is C1=CC2=C3N=C(N=c4[nH]/c(c5c(Oc6ccccc6)cccc45)=N\c4[nH]c(c5c(Oc6ccccc6)cccc45)N=c4[nH]c(c5c(Oc6ccccc6)cccc45)=N3)C2C(Oc2ccccc2)=C1. The van der Waals surface area contributed by atoms with Crippen molar-refractivity contribution in [2.24, 2.45) is 30.9 Å². The van der Waals surface area contributed by atoms with E-state index in [-0.39, 0.29) is 0 Å². The fourth-order valence-corrected chi connectivity index (χ4v) is 8.90. The van der Waals surface area contributed by atoms with Crippen molar-refractivity contribution in [3.8, 4) is 40.2 Å². The van der Waals surface area contributed by atoms with Gasteiger partial charge in [0, 0.05) is 21.7 Å². The molecule has 1 unspecified atom stereocenters. The van der Waals surface area contributed by atoms with E-state index >= 15 is 0 Å². The van der Waals surface area contributed by atoms with Crippen LogP contribution in [0.1, 0.15) is 0 Å². The Morgan fingerprint density at radius 2 is 0.838 bits per heavy atom. The van der Waals surface area contributed by atoms with Crippen molar-refractivity contribution in [2.75, 3.05) is 0 Å². The quantitative estimate of drug-likeness (QED) is 0.139. The predicted molar refractivity (Wildman–Crippen MR) is 261 cm³/mol. The number of ether oxygens (including phenoxy) is 4. The van der Waals surface area contributed by atoms with Crippen LogP contribution in [0.3, 0.4) is 0 Å². The van der Waals surface area contributed by atoms with E-state index in [1.807, 2.05) is 194 Å². The molecule has 5 heterocycles. The summed E-state index contributed by atoms with van der Waals surface area (Å²) in [6, 6.07) is 56.4. The Morgan fingerprint density at radius 1 is 0.368 bits per heavy atom. The van der Waals surface area contributed by atoms with Gasteiger partial charge in [-0.3, -0.25) is 0 Å². The molecule has 3 aliphatic rings. The summed E-state index contributed by atoms with van der Waals surface area (Å²) in [4.78, 5) is 37.5. The number of allylic oxidation sites excluding steroid dienone is 3. The monoisotopic (exact) mass is 884 g/mol. The van der Waals surface area contributed by atoms with E-state index in [1.54, 1.807) is 0 Å². The largest absolute Gasteiger partial charge is 0.461 e. The van der Waals surface area contributed by atoms with Gasteiger partial charge in [0.15, 0.2) is 5.82 Å². The zero-order valence-electron chi connectivity index (χ0n) is 35.9. The van der Waals surface area contributed by atoms with Gasteiger partial charge in [-0.2, -0.15) is 0 Å². The molecule has 2 aliphatic heterocycles. The minimum absolute atomic E-state index is 0.448. The molecule has 0 saturated heterocycles. The highest BCUT2D eigenvalue weighted by Crippen LogP contribution is 2.42. The summed E-state index contributed by atoms with van der Waals surface area (Å²) < 4.78 is 26.5. The van der Waals surface area contributed by atoms with Crippen LogP contribution in [0.4, 0.5) is 11.6 Å². The molecule has 1 aliphatic carbocycles.